The van der Waals surface area contributed by atoms with Gasteiger partial charge in [0.1, 0.15) is 6.61 Å². The Morgan fingerprint density at radius 3 is 2.75 bits per heavy atom. The van der Waals surface area contributed by atoms with E-state index in [1.54, 1.807) is 0 Å². The first kappa shape index (κ1) is 13.6. The molecule has 0 radical (unpaired) electrons. The summed E-state index contributed by atoms with van der Waals surface area (Å²) in [5.74, 6) is 0.746. The number of hydrogen-bond donors (Lipinski definition) is 0. The standard InChI is InChI=1S/C12H22O4/c1-10(2)7-15-5-6-16-9-12(13)11-3-4-14-8-11/h10-11H,3-9H2,1-2H3. The summed E-state index contributed by atoms with van der Waals surface area (Å²) in [4.78, 5) is 11.5. The van der Waals surface area contributed by atoms with Gasteiger partial charge in [0.25, 0.3) is 0 Å². The van der Waals surface area contributed by atoms with Crippen LogP contribution in [0.5, 0.6) is 0 Å². The molecule has 4 heteroatoms. The Hall–Kier alpha value is -0.450. The minimum absolute atomic E-state index is 0.0524. The predicted molar refractivity (Wildman–Crippen MR) is 60.4 cm³/mol. The van der Waals surface area contributed by atoms with E-state index in [2.05, 4.69) is 13.8 Å². The van der Waals surface area contributed by atoms with Gasteiger partial charge in [-0.1, -0.05) is 13.8 Å². The third-order valence-electron chi connectivity index (χ3n) is 2.45. The fourth-order valence-corrected chi connectivity index (χ4v) is 1.52. The average Bonchev–Trinajstić information content (AvgIpc) is 2.75. The van der Waals surface area contributed by atoms with Crippen LogP contribution in [0.15, 0.2) is 0 Å². The fraction of sp³-hybridized carbons (Fsp3) is 0.917. The monoisotopic (exact) mass is 230 g/mol. The quantitative estimate of drug-likeness (QED) is 0.589. The van der Waals surface area contributed by atoms with Crippen LogP contribution in [-0.2, 0) is 19.0 Å². The summed E-state index contributed by atoms with van der Waals surface area (Å²) in [7, 11) is 0. The van der Waals surface area contributed by atoms with Gasteiger partial charge < -0.3 is 14.2 Å². The first-order chi connectivity index (χ1) is 7.70. The maximum atomic E-state index is 11.5. The predicted octanol–water partition coefficient (Wildman–Crippen LogP) is 1.28. The van der Waals surface area contributed by atoms with Crippen LogP contribution in [0.25, 0.3) is 0 Å². The van der Waals surface area contributed by atoms with Crippen molar-refractivity contribution in [2.75, 3.05) is 39.6 Å². The van der Waals surface area contributed by atoms with E-state index in [4.69, 9.17) is 14.2 Å². The Labute approximate surface area is 97.2 Å². The van der Waals surface area contributed by atoms with Gasteiger partial charge >= 0.3 is 0 Å². The van der Waals surface area contributed by atoms with E-state index in [1.807, 2.05) is 0 Å². The molecule has 0 amide bonds. The molecule has 0 aromatic heterocycles. The van der Waals surface area contributed by atoms with E-state index < -0.39 is 0 Å². The fourth-order valence-electron chi connectivity index (χ4n) is 1.52. The lowest BCUT2D eigenvalue weighted by Crippen LogP contribution is -2.21. The number of carbonyl (C=O) groups excluding carboxylic acids is 1. The molecule has 0 N–H and O–H groups in total. The summed E-state index contributed by atoms with van der Waals surface area (Å²) in [6, 6.07) is 0. The van der Waals surface area contributed by atoms with Crippen LogP contribution in [0.3, 0.4) is 0 Å². The van der Waals surface area contributed by atoms with Gasteiger partial charge in [-0.15, -0.1) is 0 Å². The number of ether oxygens (including phenoxy) is 3. The summed E-state index contributed by atoms with van der Waals surface area (Å²) in [6.45, 7) is 7.46. The van der Waals surface area contributed by atoms with Crippen molar-refractivity contribution in [2.45, 2.75) is 20.3 Å². The zero-order valence-electron chi connectivity index (χ0n) is 10.2. The van der Waals surface area contributed by atoms with Gasteiger partial charge in [-0.25, -0.2) is 0 Å². The highest BCUT2D eigenvalue weighted by Gasteiger charge is 2.22. The first-order valence-electron chi connectivity index (χ1n) is 5.96. The summed E-state index contributed by atoms with van der Waals surface area (Å²) in [5.41, 5.74) is 0. The lowest BCUT2D eigenvalue weighted by molar-refractivity contribution is -0.128. The average molecular weight is 230 g/mol. The van der Waals surface area contributed by atoms with Crippen LogP contribution in [-0.4, -0.2) is 45.4 Å². The molecule has 0 aliphatic carbocycles. The maximum Gasteiger partial charge on any atom is 0.163 e. The molecule has 1 unspecified atom stereocenters. The minimum Gasteiger partial charge on any atom is -0.381 e. The summed E-state index contributed by atoms with van der Waals surface area (Å²) < 4.78 is 15.7. The molecule has 1 rings (SSSR count). The Kier molecular flexibility index (Phi) is 6.61. The largest absolute Gasteiger partial charge is 0.381 e. The second-order valence-electron chi connectivity index (χ2n) is 4.55. The molecule has 0 spiro atoms. The van der Waals surface area contributed by atoms with Crippen LogP contribution in [0.2, 0.25) is 0 Å². The molecule has 0 saturated carbocycles. The Bertz CT molecular complexity index is 197. The second kappa shape index (κ2) is 7.76. The molecule has 16 heavy (non-hydrogen) atoms. The molecule has 0 bridgehead atoms. The van der Waals surface area contributed by atoms with Crippen molar-refractivity contribution in [2.24, 2.45) is 11.8 Å². The molecule has 1 aliphatic rings. The van der Waals surface area contributed by atoms with Gasteiger partial charge in [0.2, 0.25) is 0 Å². The third-order valence-corrected chi connectivity index (χ3v) is 2.45. The normalized spacial score (nSPS) is 20.6. The molecule has 1 aliphatic heterocycles. The zero-order valence-corrected chi connectivity index (χ0v) is 10.2. The first-order valence-corrected chi connectivity index (χ1v) is 5.96. The molecule has 1 saturated heterocycles. The SMILES string of the molecule is CC(C)COCCOCC(=O)C1CCOC1. The molecular formula is C12H22O4. The Morgan fingerprint density at radius 1 is 1.38 bits per heavy atom. The van der Waals surface area contributed by atoms with E-state index in [1.165, 1.54) is 0 Å². The van der Waals surface area contributed by atoms with Crippen molar-refractivity contribution < 1.29 is 19.0 Å². The van der Waals surface area contributed by atoms with E-state index in [0.29, 0.717) is 32.3 Å². The lowest BCUT2D eigenvalue weighted by Gasteiger charge is -2.09. The number of rotatable bonds is 8. The molecule has 1 heterocycles. The van der Waals surface area contributed by atoms with Crippen molar-refractivity contribution in [3.63, 3.8) is 0 Å². The van der Waals surface area contributed by atoms with E-state index in [-0.39, 0.29) is 18.3 Å². The Morgan fingerprint density at radius 2 is 2.12 bits per heavy atom. The number of carbonyl (C=O) groups is 1. The molecule has 0 aromatic rings. The van der Waals surface area contributed by atoms with Gasteiger partial charge in [0, 0.05) is 19.1 Å². The van der Waals surface area contributed by atoms with Gasteiger partial charge in [0.05, 0.1) is 19.8 Å². The molecule has 4 nitrogen and oxygen atoms in total. The van der Waals surface area contributed by atoms with Gasteiger partial charge in [-0.05, 0) is 12.3 Å². The summed E-state index contributed by atoms with van der Waals surface area (Å²) in [5, 5.41) is 0. The van der Waals surface area contributed by atoms with E-state index in [0.717, 1.165) is 13.0 Å². The molecule has 0 aromatic carbocycles. The zero-order chi connectivity index (χ0) is 11.8. The highest BCUT2D eigenvalue weighted by molar-refractivity contribution is 5.82. The molecule has 94 valence electrons. The number of ketones is 1. The van der Waals surface area contributed by atoms with Crippen LogP contribution in [0, 0.1) is 11.8 Å². The highest BCUT2D eigenvalue weighted by atomic mass is 16.5. The van der Waals surface area contributed by atoms with Crippen LogP contribution >= 0.6 is 0 Å². The third kappa shape index (κ3) is 5.58. The van der Waals surface area contributed by atoms with Gasteiger partial charge in [-0.3, -0.25) is 4.79 Å². The molecular weight excluding hydrogens is 208 g/mol. The van der Waals surface area contributed by atoms with Crippen molar-refractivity contribution in [1.29, 1.82) is 0 Å². The van der Waals surface area contributed by atoms with Crippen LogP contribution in [0.1, 0.15) is 20.3 Å². The van der Waals surface area contributed by atoms with Crippen molar-refractivity contribution in [3.8, 4) is 0 Å². The van der Waals surface area contributed by atoms with Crippen LogP contribution in [0.4, 0.5) is 0 Å². The van der Waals surface area contributed by atoms with Gasteiger partial charge in [-0.2, -0.15) is 0 Å². The van der Waals surface area contributed by atoms with E-state index >= 15 is 0 Å². The maximum absolute atomic E-state index is 11.5. The van der Waals surface area contributed by atoms with Crippen LogP contribution < -0.4 is 0 Å². The Balaban J connectivity index is 1.92. The topological polar surface area (TPSA) is 44.8 Å². The minimum atomic E-state index is 0.0524. The smallest absolute Gasteiger partial charge is 0.163 e. The summed E-state index contributed by atoms with van der Waals surface area (Å²) >= 11 is 0. The van der Waals surface area contributed by atoms with E-state index in [9.17, 15) is 4.79 Å². The highest BCUT2D eigenvalue weighted by Crippen LogP contribution is 2.13. The summed E-state index contributed by atoms with van der Waals surface area (Å²) in [6.07, 6.45) is 0.839. The molecule has 1 atom stereocenters. The lowest BCUT2D eigenvalue weighted by atomic mass is 10.0. The van der Waals surface area contributed by atoms with Crippen molar-refractivity contribution in [1.82, 2.24) is 0 Å². The number of hydrogen-bond acceptors (Lipinski definition) is 4. The van der Waals surface area contributed by atoms with Gasteiger partial charge in [0.15, 0.2) is 5.78 Å². The van der Waals surface area contributed by atoms with Crippen molar-refractivity contribution in [3.05, 3.63) is 0 Å². The second-order valence-corrected chi connectivity index (χ2v) is 4.55. The number of Topliss-reactive ketones (excluding diaryl/α,β-unsaturated/α-hetero) is 1. The molecule has 1 fully saturated rings. The van der Waals surface area contributed by atoms with Crippen molar-refractivity contribution >= 4 is 5.78 Å².